The molecule has 0 spiro atoms. The van der Waals surface area contributed by atoms with E-state index in [0.29, 0.717) is 31.8 Å². The fraction of sp³-hybridized carbons (Fsp3) is 0.825. The third-order valence-electron chi connectivity index (χ3n) is 11.2. The van der Waals surface area contributed by atoms with Gasteiger partial charge in [0.15, 0.2) is 23.9 Å². The van der Waals surface area contributed by atoms with Crippen molar-refractivity contribution in [1.29, 1.82) is 0 Å². The zero-order valence-electron chi connectivity index (χ0n) is 37.0. The van der Waals surface area contributed by atoms with Gasteiger partial charge in [-0.2, -0.15) is 0 Å². The van der Waals surface area contributed by atoms with Crippen LogP contribution in [0.2, 0.25) is 0 Å². The average molecular weight is 811 g/mol. The summed E-state index contributed by atoms with van der Waals surface area (Å²) in [7, 11) is 7.49. The molecule has 1 aliphatic heterocycles. The Labute approximate surface area is 340 Å². The molecule has 1 saturated heterocycles. The molecule has 6 amide bonds. The van der Waals surface area contributed by atoms with Crippen LogP contribution in [-0.2, 0) is 33.5 Å². The van der Waals surface area contributed by atoms with Crippen LogP contribution in [0.3, 0.4) is 0 Å². The van der Waals surface area contributed by atoms with E-state index >= 15 is 0 Å². The van der Waals surface area contributed by atoms with Gasteiger partial charge in [0.25, 0.3) is 0 Å². The fourth-order valence-corrected chi connectivity index (χ4v) is 7.93. The Morgan fingerprint density at radius 2 is 1.54 bits per heavy atom. The van der Waals surface area contributed by atoms with Gasteiger partial charge in [-0.1, -0.05) is 61.3 Å². The summed E-state index contributed by atoms with van der Waals surface area (Å²) in [5, 5.41) is 17.3. The van der Waals surface area contributed by atoms with Crippen molar-refractivity contribution in [2.45, 2.75) is 149 Å². The largest absolute Gasteiger partial charge is 0.396 e. The zero-order valence-corrected chi connectivity index (χ0v) is 37.0. The van der Waals surface area contributed by atoms with E-state index in [1.165, 1.54) is 42.8 Å². The van der Waals surface area contributed by atoms with Crippen molar-refractivity contribution in [3.05, 3.63) is 0 Å². The summed E-state index contributed by atoms with van der Waals surface area (Å²) in [5.41, 5.74) is 2.22. The lowest BCUT2D eigenvalue weighted by Crippen LogP contribution is -2.72. The summed E-state index contributed by atoms with van der Waals surface area (Å²) in [6, 6.07) is -4.85. The molecule has 9 atom stereocenters. The van der Waals surface area contributed by atoms with Gasteiger partial charge in [-0.25, -0.2) is 4.79 Å². The molecule has 1 rings (SSSR count). The standard InChI is InChI=1S/C40H74N8O9/c1-24(2)19-29(42-10)35(53)43-39(9,22-50)44-38(56)48(14)40(23-51,26(5)6)47(13)30(20-25(3)4)36(54)45(11)32-28(8)57-31(21-27(7)17-15-16-18-49)33(34(41)52)46(12)37(32)55/h22-33,42,49H,15-21H2,1-14H3,(H2,41,52)(H,43,53)(H,44,56). The van der Waals surface area contributed by atoms with Gasteiger partial charge in [0.2, 0.25) is 23.6 Å². The van der Waals surface area contributed by atoms with Crippen LogP contribution >= 0.6 is 0 Å². The first-order chi connectivity index (χ1) is 26.4. The Morgan fingerprint density at radius 1 is 0.965 bits per heavy atom. The van der Waals surface area contributed by atoms with Gasteiger partial charge in [0, 0.05) is 27.7 Å². The highest BCUT2D eigenvalue weighted by Gasteiger charge is 2.52. The van der Waals surface area contributed by atoms with Gasteiger partial charge in [-0.05, 0) is 77.3 Å². The number of rotatable bonds is 23. The molecule has 328 valence electrons. The summed E-state index contributed by atoms with van der Waals surface area (Å²) < 4.78 is 6.43. The van der Waals surface area contributed by atoms with Crippen LogP contribution in [-0.4, -0.2) is 156 Å². The molecule has 17 heteroatoms. The monoisotopic (exact) mass is 811 g/mol. The number of aliphatic hydroxyl groups excluding tert-OH is 1. The van der Waals surface area contributed by atoms with Crippen molar-refractivity contribution in [1.82, 2.24) is 35.6 Å². The van der Waals surface area contributed by atoms with Crippen LogP contribution in [0.1, 0.15) is 101 Å². The molecule has 0 aromatic carbocycles. The molecule has 57 heavy (non-hydrogen) atoms. The topological polar surface area (TPSA) is 224 Å². The molecule has 0 aromatic heterocycles. The summed E-state index contributed by atoms with van der Waals surface area (Å²) >= 11 is 0. The van der Waals surface area contributed by atoms with E-state index in [0.717, 1.165) is 17.7 Å². The highest BCUT2D eigenvalue weighted by Crippen LogP contribution is 2.32. The summed E-state index contributed by atoms with van der Waals surface area (Å²) in [6.45, 7) is 16.2. The molecule has 1 fully saturated rings. The number of nitrogens with zero attached hydrogens (tertiary/aromatic N) is 4. The Hall–Kier alpha value is -3.67. The van der Waals surface area contributed by atoms with E-state index in [2.05, 4.69) is 16.0 Å². The Balaban J connectivity index is 3.62. The quantitative estimate of drug-likeness (QED) is 0.0562. The Bertz CT molecular complexity index is 1380. The van der Waals surface area contributed by atoms with Crippen LogP contribution in [0.25, 0.3) is 0 Å². The molecule has 0 aliphatic carbocycles. The van der Waals surface area contributed by atoms with Crippen LogP contribution in [0.15, 0.2) is 0 Å². The van der Waals surface area contributed by atoms with Crippen molar-refractivity contribution < 1.29 is 43.4 Å². The van der Waals surface area contributed by atoms with E-state index in [9.17, 15) is 38.7 Å². The molecule has 0 aromatic rings. The van der Waals surface area contributed by atoms with Gasteiger partial charge in [0.1, 0.15) is 12.1 Å². The molecule has 1 aliphatic rings. The maximum Gasteiger partial charge on any atom is 0.321 e. The number of carbonyl (C=O) groups excluding carboxylic acids is 7. The number of amides is 6. The summed E-state index contributed by atoms with van der Waals surface area (Å²) in [4.78, 5) is 100. The number of ether oxygens (including phenoxy) is 1. The number of primary amides is 1. The fourth-order valence-electron chi connectivity index (χ4n) is 7.93. The smallest absolute Gasteiger partial charge is 0.321 e. The number of nitrogens with two attached hydrogens (primary N) is 1. The van der Waals surface area contributed by atoms with Crippen molar-refractivity contribution >= 4 is 42.2 Å². The molecule has 6 N–H and O–H groups in total. The number of hydrogen-bond acceptors (Lipinski definition) is 11. The number of nitrogens with one attached hydrogen (secondary N) is 3. The normalized spacial score (nSPS) is 22.6. The molecule has 9 unspecified atom stereocenters. The molecule has 0 radical (unpaired) electrons. The second kappa shape index (κ2) is 22.5. The molecule has 0 bridgehead atoms. The van der Waals surface area contributed by atoms with Gasteiger partial charge in [0.05, 0.1) is 24.3 Å². The highest BCUT2D eigenvalue weighted by molar-refractivity contribution is 5.94. The molecular formula is C40H74N8O9. The molecule has 17 nitrogen and oxygen atoms in total. The number of carbonyl (C=O) groups is 7. The highest BCUT2D eigenvalue weighted by atomic mass is 16.5. The average Bonchev–Trinajstić information content (AvgIpc) is 3.20. The van der Waals surface area contributed by atoms with Crippen LogP contribution < -0.4 is 21.7 Å². The third kappa shape index (κ3) is 12.9. The van der Waals surface area contributed by atoms with E-state index < -0.39 is 83.3 Å². The predicted octanol–water partition coefficient (Wildman–Crippen LogP) is 1.31. The minimum absolute atomic E-state index is 0.0734. The first-order valence-electron chi connectivity index (χ1n) is 20.2. The van der Waals surface area contributed by atoms with Crippen LogP contribution in [0.4, 0.5) is 4.79 Å². The first-order valence-corrected chi connectivity index (χ1v) is 20.2. The number of urea groups is 1. The lowest BCUT2D eigenvalue weighted by atomic mass is 9.89. The molecular weight excluding hydrogens is 736 g/mol. The van der Waals surface area contributed by atoms with E-state index in [1.807, 2.05) is 34.6 Å². The van der Waals surface area contributed by atoms with Gasteiger partial charge in [-0.3, -0.25) is 33.7 Å². The van der Waals surface area contributed by atoms with Crippen LogP contribution in [0.5, 0.6) is 0 Å². The lowest BCUT2D eigenvalue weighted by Gasteiger charge is -2.50. The van der Waals surface area contributed by atoms with Crippen molar-refractivity contribution in [3.63, 3.8) is 0 Å². The lowest BCUT2D eigenvalue weighted by molar-refractivity contribution is -0.157. The number of hydrogen-bond donors (Lipinski definition) is 5. The third-order valence-corrected chi connectivity index (χ3v) is 11.2. The summed E-state index contributed by atoms with van der Waals surface area (Å²) in [6.07, 6.45) is 2.63. The van der Waals surface area contributed by atoms with E-state index in [1.54, 1.807) is 34.9 Å². The summed E-state index contributed by atoms with van der Waals surface area (Å²) in [5.74, 6) is -2.80. The second-order valence-electron chi connectivity index (χ2n) is 17.2. The molecule has 0 saturated carbocycles. The first kappa shape index (κ1) is 51.3. The number of aliphatic hydroxyl groups is 1. The second-order valence-corrected chi connectivity index (χ2v) is 17.2. The van der Waals surface area contributed by atoms with Crippen molar-refractivity contribution in [2.24, 2.45) is 29.4 Å². The van der Waals surface area contributed by atoms with E-state index in [-0.39, 0.29) is 30.8 Å². The Kier molecular flexibility index (Phi) is 20.2. The van der Waals surface area contributed by atoms with Gasteiger partial charge >= 0.3 is 6.03 Å². The number of likely N-dealkylation sites (N-methyl/N-ethyl adjacent to an activating group) is 5. The number of aldehydes is 2. The Morgan fingerprint density at radius 3 is 2.00 bits per heavy atom. The SMILES string of the molecule is CNC(CC(C)C)C(=O)NC(C)(C=O)NC(=O)N(C)C(C=O)(C(C)C)N(C)C(CC(C)C)C(=O)N(C)C1C(=O)N(C)C(C(N)=O)C(CC(C)CCCCO)OC1C. The van der Waals surface area contributed by atoms with Crippen molar-refractivity contribution in [3.8, 4) is 0 Å². The maximum atomic E-state index is 14.8. The van der Waals surface area contributed by atoms with Gasteiger partial charge in [-0.15, -0.1) is 0 Å². The molecule has 1 heterocycles. The minimum atomic E-state index is -1.86. The van der Waals surface area contributed by atoms with Crippen LogP contribution in [0, 0.1) is 23.7 Å². The van der Waals surface area contributed by atoms with Gasteiger partial charge < -0.3 is 46.2 Å². The number of unbranched alkanes of at least 4 members (excludes halogenated alkanes) is 1. The zero-order chi connectivity index (χ0) is 44.2. The van der Waals surface area contributed by atoms with E-state index in [4.69, 9.17) is 10.5 Å². The minimum Gasteiger partial charge on any atom is -0.396 e. The maximum absolute atomic E-state index is 14.8. The van der Waals surface area contributed by atoms with Crippen molar-refractivity contribution in [2.75, 3.05) is 41.8 Å². The predicted molar refractivity (Wildman–Crippen MR) is 217 cm³/mol.